The molecule has 1 aliphatic rings. The van der Waals surface area contributed by atoms with E-state index in [4.69, 9.17) is 5.73 Å². The van der Waals surface area contributed by atoms with Gasteiger partial charge in [0.25, 0.3) is 5.91 Å². The van der Waals surface area contributed by atoms with Crippen LogP contribution in [0.3, 0.4) is 0 Å². The number of carbonyl (C=O) groups excluding carboxylic acids is 1. The zero-order valence-corrected chi connectivity index (χ0v) is 10.3. The van der Waals surface area contributed by atoms with Crippen molar-refractivity contribution >= 4 is 17.4 Å². The van der Waals surface area contributed by atoms with Crippen molar-refractivity contribution in [3.63, 3.8) is 0 Å². The Bertz CT molecular complexity index is 390. The van der Waals surface area contributed by atoms with Gasteiger partial charge in [-0.25, -0.2) is 0 Å². The van der Waals surface area contributed by atoms with Gasteiger partial charge in [0.05, 0.1) is 5.69 Å². The molecule has 0 radical (unpaired) electrons. The molecule has 6 heteroatoms. The van der Waals surface area contributed by atoms with Gasteiger partial charge < -0.3 is 10.6 Å². The van der Waals surface area contributed by atoms with E-state index in [2.05, 4.69) is 9.59 Å². The Morgan fingerprint density at radius 1 is 1.69 bits per heavy atom. The smallest absolute Gasteiger partial charge is 0.267 e. The Balaban J connectivity index is 2.05. The maximum Gasteiger partial charge on any atom is 0.267 e. The van der Waals surface area contributed by atoms with E-state index in [1.165, 1.54) is 11.5 Å². The molecule has 0 aliphatic carbocycles. The molecular formula is C10H16N4OS. The Hall–Kier alpha value is -1.01. The summed E-state index contributed by atoms with van der Waals surface area (Å²) < 4.78 is 3.79. The lowest BCUT2D eigenvalue weighted by atomic mass is 10.0. The SMILES string of the molecule is Cc1nnsc1C(=O)N1CCC(C(C)N)C1. The largest absolute Gasteiger partial charge is 0.337 e. The van der Waals surface area contributed by atoms with Crippen molar-refractivity contribution in [3.05, 3.63) is 10.6 Å². The van der Waals surface area contributed by atoms with Crippen molar-refractivity contribution in [3.8, 4) is 0 Å². The molecule has 0 bridgehead atoms. The van der Waals surface area contributed by atoms with Gasteiger partial charge in [0, 0.05) is 19.1 Å². The third kappa shape index (κ3) is 2.08. The van der Waals surface area contributed by atoms with Crippen LogP contribution < -0.4 is 5.73 Å². The van der Waals surface area contributed by atoms with Crippen molar-refractivity contribution in [2.75, 3.05) is 13.1 Å². The molecule has 1 amide bonds. The minimum atomic E-state index is 0.0515. The highest BCUT2D eigenvalue weighted by Crippen LogP contribution is 2.22. The normalized spacial score (nSPS) is 22.4. The minimum absolute atomic E-state index is 0.0515. The van der Waals surface area contributed by atoms with Crippen molar-refractivity contribution in [2.45, 2.75) is 26.3 Å². The molecule has 2 unspecified atom stereocenters. The lowest BCUT2D eigenvalue weighted by Crippen LogP contribution is -2.32. The summed E-state index contributed by atoms with van der Waals surface area (Å²) in [6, 6.07) is 0.151. The first-order valence-corrected chi connectivity index (χ1v) is 6.20. The van der Waals surface area contributed by atoms with Crippen molar-refractivity contribution < 1.29 is 4.79 Å². The Labute approximate surface area is 98.8 Å². The fourth-order valence-electron chi connectivity index (χ4n) is 1.97. The zero-order chi connectivity index (χ0) is 11.7. The standard InChI is InChI=1S/C10H16N4OS/c1-6(11)8-3-4-14(5-8)10(15)9-7(2)12-13-16-9/h6,8H,3-5,11H2,1-2H3. The zero-order valence-electron chi connectivity index (χ0n) is 9.51. The summed E-state index contributed by atoms with van der Waals surface area (Å²) in [6.45, 7) is 5.37. The molecule has 1 saturated heterocycles. The van der Waals surface area contributed by atoms with Crippen LogP contribution in [0.15, 0.2) is 0 Å². The number of rotatable bonds is 2. The third-order valence-corrected chi connectivity index (χ3v) is 3.92. The van der Waals surface area contributed by atoms with Crippen LogP contribution in [0.5, 0.6) is 0 Å². The molecular weight excluding hydrogens is 224 g/mol. The molecule has 1 aromatic rings. The first-order chi connectivity index (χ1) is 7.59. The summed E-state index contributed by atoms with van der Waals surface area (Å²) in [5, 5.41) is 3.86. The number of likely N-dealkylation sites (tertiary alicyclic amines) is 1. The molecule has 0 saturated carbocycles. The van der Waals surface area contributed by atoms with E-state index in [0.717, 1.165) is 25.2 Å². The van der Waals surface area contributed by atoms with Gasteiger partial charge in [-0.2, -0.15) is 0 Å². The Morgan fingerprint density at radius 3 is 2.94 bits per heavy atom. The summed E-state index contributed by atoms with van der Waals surface area (Å²) in [6.07, 6.45) is 0.995. The number of amides is 1. The highest BCUT2D eigenvalue weighted by Gasteiger charge is 2.30. The van der Waals surface area contributed by atoms with E-state index in [-0.39, 0.29) is 11.9 Å². The van der Waals surface area contributed by atoms with E-state index in [9.17, 15) is 4.79 Å². The number of nitrogens with zero attached hydrogens (tertiary/aromatic N) is 3. The number of hydrogen-bond acceptors (Lipinski definition) is 5. The van der Waals surface area contributed by atoms with Crippen LogP contribution in [0.25, 0.3) is 0 Å². The maximum absolute atomic E-state index is 12.1. The molecule has 0 aromatic carbocycles. The van der Waals surface area contributed by atoms with Gasteiger partial charge >= 0.3 is 0 Å². The molecule has 1 aliphatic heterocycles. The quantitative estimate of drug-likeness (QED) is 0.824. The van der Waals surface area contributed by atoms with E-state index < -0.39 is 0 Å². The number of carbonyl (C=O) groups is 1. The summed E-state index contributed by atoms with van der Waals surface area (Å²) >= 11 is 1.17. The lowest BCUT2D eigenvalue weighted by molar-refractivity contribution is 0.0790. The highest BCUT2D eigenvalue weighted by molar-refractivity contribution is 7.07. The van der Waals surface area contributed by atoms with Crippen LogP contribution in [0.1, 0.15) is 28.7 Å². The highest BCUT2D eigenvalue weighted by atomic mass is 32.1. The fourth-order valence-corrected chi connectivity index (χ4v) is 2.60. The topological polar surface area (TPSA) is 72.1 Å². The van der Waals surface area contributed by atoms with Gasteiger partial charge in [0.15, 0.2) is 0 Å². The monoisotopic (exact) mass is 240 g/mol. The molecule has 1 aromatic heterocycles. The number of aryl methyl sites for hydroxylation is 1. The third-order valence-electron chi connectivity index (χ3n) is 3.10. The van der Waals surface area contributed by atoms with Gasteiger partial charge in [-0.15, -0.1) is 5.10 Å². The molecule has 2 rings (SSSR count). The number of nitrogens with two attached hydrogens (primary N) is 1. The summed E-state index contributed by atoms with van der Waals surface area (Å²) in [7, 11) is 0. The second-order valence-electron chi connectivity index (χ2n) is 4.35. The van der Waals surface area contributed by atoms with E-state index in [1.54, 1.807) is 0 Å². The van der Waals surface area contributed by atoms with Crippen LogP contribution in [0.4, 0.5) is 0 Å². The van der Waals surface area contributed by atoms with Crippen LogP contribution in [-0.4, -0.2) is 39.5 Å². The fraction of sp³-hybridized carbons (Fsp3) is 0.700. The number of hydrogen-bond donors (Lipinski definition) is 1. The van der Waals surface area contributed by atoms with Crippen LogP contribution in [0.2, 0.25) is 0 Å². The predicted molar refractivity (Wildman–Crippen MR) is 62.3 cm³/mol. The van der Waals surface area contributed by atoms with E-state index in [1.807, 2.05) is 18.7 Å². The predicted octanol–water partition coefficient (Wildman–Crippen LogP) is 0.656. The summed E-state index contributed by atoms with van der Waals surface area (Å²) in [5.41, 5.74) is 6.57. The van der Waals surface area contributed by atoms with E-state index in [0.29, 0.717) is 10.8 Å². The van der Waals surface area contributed by atoms with Crippen molar-refractivity contribution in [1.82, 2.24) is 14.5 Å². The molecule has 2 atom stereocenters. The van der Waals surface area contributed by atoms with Crippen LogP contribution in [0, 0.1) is 12.8 Å². The van der Waals surface area contributed by atoms with Crippen LogP contribution >= 0.6 is 11.5 Å². The van der Waals surface area contributed by atoms with E-state index >= 15 is 0 Å². The first-order valence-electron chi connectivity index (χ1n) is 5.43. The first kappa shape index (κ1) is 11.5. The molecule has 2 heterocycles. The van der Waals surface area contributed by atoms with Crippen LogP contribution in [-0.2, 0) is 0 Å². The van der Waals surface area contributed by atoms with Gasteiger partial charge in [0.2, 0.25) is 0 Å². The molecule has 1 fully saturated rings. The van der Waals surface area contributed by atoms with Crippen molar-refractivity contribution in [1.29, 1.82) is 0 Å². The molecule has 16 heavy (non-hydrogen) atoms. The average molecular weight is 240 g/mol. The average Bonchev–Trinajstić information content (AvgIpc) is 2.84. The summed E-state index contributed by atoms with van der Waals surface area (Å²) in [4.78, 5) is 14.6. The Kier molecular flexibility index (Phi) is 3.20. The molecule has 2 N–H and O–H groups in total. The maximum atomic E-state index is 12.1. The van der Waals surface area contributed by atoms with Gasteiger partial charge in [-0.3, -0.25) is 4.79 Å². The minimum Gasteiger partial charge on any atom is -0.337 e. The van der Waals surface area contributed by atoms with Gasteiger partial charge in [0.1, 0.15) is 4.88 Å². The van der Waals surface area contributed by atoms with Gasteiger partial charge in [-0.05, 0) is 37.7 Å². The summed E-state index contributed by atoms with van der Waals surface area (Å²) in [5.74, 6) is 0.473. The van der Waals surface area contributed by atoms with Gasteiger partial charge in [-0.1, -0.05) is 4.49 Å². The Morgan fingerprint density at radius 2 is 2.44 bits per heavy atom. The number of aromatic nitrogens is 2. The molecule has 5 nitrogen and oxygen atoms in total. The lowest BCUT2D eigenvalue weighted by Gasteiger charge is -2.17. The molecule has 88 valence electrons. The second-order valence-corrected chi connectivity index (χ2v) is 5.10. The van der Waals surface area contributed by atoms with Crippen molar-refractivity contribution in [2.24, 2.45) is 11.7 Å². The second kappa shape index (κ2) is 4.47. The molecule has 0 spiro atoms.